The molecule has 1 aromatic heterocycles. The molecule has 0 spiro atoms. The summed E-state index contributed by atoms with van der Waals surface area (Å²) in [5, 5.41) is 6.98. The fourth-order valence-corrected chi connectivity index (χ4v) is 3.30. The summed E-state index contributed by atoms with van der Waals surface area (Å²) in [6.07, 6.45) is 0. The Morgan fingerprint density at radius 2 is 1.78 bits per heavy atom. The molecule has 0 saturated carbocycles. The van der Waals surface area contributed by atoms with E-state index < -0.39 is 0 Å². The van der Waals surface area contributed by atoms with Gasteiger partial charge in [0, 0.05) is 4.88 Å². The van der Waals surface area contributed by atoms with E-state index in [1.165, 1.54) is 10.4 Å². The highest BCUT2D eigenvalue weighted by Crippen LogP contribution is 2.35. The van der Waals surface area contributed by atoms with Gasteiger partial charge in [0.05, 0.1) is 26.8 Å². The van der Waals surface area contributed by atoms with Gasteiger partial charge in [0.1, 0.15) is 0 Å². The lowest BCUT2D eigenvalue weighted by Gasteiger charge is -2.16. The van der Waals surface area contributed by atoms with E-state index in [1.807, 2.05) is 0 Å². The Hall–Kier alpha value is -0.410. The van der Waals surface area contributed by atoms with E-state index in [1.54, 1.807) is 23.5 Å². The van der Waals surface area contributed by atoms with Gasteiger partial charge in [-0.05, 0) is 43.0 Å². The van der Waals surface area contributed by atoms with Crippen LogP contribution < -0.4 is 5.32 Å². The van der Waals surface area contributed by atoms with Gasteiger partial charge in [-0.3, -0.25) is 0 Å². The number of thiophene rings is 1. The fraction of sp³-hybridized carbons (Fsp3) is 0.231. The van der Waals surface area contributed by atoms with E-state index in [9.17, 15) is 0 Å². The Morgan fingerprint density at radius 3 is 2.39 bits per heavy atom. The first kappa shape index (κ1) is 14.0. The minimum Gasteiger partial charge on any atom is -0.376 e. The molecule has 1 heterocycles. The topological polar surface area (TPSA) is 12.0 Å². The molecule has 2 rings (SSSR count). The van der Waals surface area contributed by atoms with Gasteiger partial charge < -0.3 is 5.32 Å². The highest BCUT2D eigenvalue weighted by atomic mass is 35.5. The van der Waals surface area contributed by atoms with Crippen LogP contribution in [0, 0.1) is 6.92 Å². The minimum absolute atomic E-state index is 0.180. The van der Waals surface area contributed by atoms with E-state index in [4.69, 9.17) is 34.8 Å². The van der Waals surface area contributed by atoms with Crippen LogP contribution in [0.5, 0.6) is 0 Å². The summed E-state index contributed by atoms with van der Waals surface area (Å²) in [4.78, 5) is 1.29. The normalized spacial score (nSPS) is 12.5. The van der Waals surface area contributed by atoms with Gasteiger partial charge in [0.15, 0.2) is 0 Å². The van der Waals surface area contributed by atoms with Crippen molar-refractivity contribution in [1.29, 1.82) is 0 Å². The smallest absolute Gasteiger partial charge is 0.0653 e. The Kier molecular flexibility index (Phi) is 4.44. The molecule has 0 radical (unpaired) electrons. The third-order valence-corrected chi connectivity index (χ3v) is 4.91. The van der Waals surface area contributed by atoms with E-state index in [0.29, 0.717) is 15.1 Å². The molecule has 18 heavy (non-hydrogen) atoms. The number of halogens is 3. The number of benzene rings is 1. The molecule has 1 unspecified atom stereocenters. The first-order valence-corrected chi connectivity index (χ1v) is 7.45. The number of hydrogen-bond donors (Lipinski definition) is 1. The van der Waals surface area contributed by atoms with Gasteiger partial charge in [-0.2, -0.15) is 0 Å². The van der Waals surface area contributed by atoms with Crippen LogP contribution in [0.25, 0.3) is 0 Å². The van der Waals surface area contributed by atoms with Gasteiger partial charge in [-0.15, -0.1) is 11.3 Å². The third kappa shape index (κ3) is 2.94. The standard InChI is InChI=1S/C13H12Cl3NS/c1-7-3-4-18-13(7)8(2)17-12-6-10(15)9(14)5-11(12)16/h3-6,8,17H,1-2H3. The maximum atomic E-state index is 6.14. The molecule has 96 valence electrons. The Morgan fingerprint density at radius 1 is 1.11 bits per heavy atom. The van der Waals surface area contributed by atoms with Crippen molar-refractivity contribution >= 4 is 51.8 Å². The van der Waals surface area contributed by atoms with Crippen LogP contribution in [0.2, 0.25) is 15.1 Å². The number of anilines is 1. The van der Waals surface area contributed by atoms with E-state index >= 15 is 0 Å². The second-order valence-electron chi connectivity index (χ2n) is 4.08. The number of aryl methyl sites for hydroxylation is 1. The number of rotatable bonds is 3. The van der Waals surface area contributed by atoms with E-state index in [2.05, 4.69) is 30.6 Å². The van der Waals surface area contributed by atoms with Crippen molar-refractivity contribution in [2.24, 2.45) is 0 Å². The highest BCUT2D eigenvalue weighted by Gasteiger charge is 2.12. The van der Waals surface area contributed by atoms with E-state index in [-0.39, 0.29) is 6.04 Å². The largest absolute Gasteiger partial charge is 0.376 e. The zero-order valence-corrected chi connectivity index (χ0v) is 13.0. The Bertz CT molecular complexity index is 565. The predicted octanol–water partition coefficient (Wildman–Crippen LogP) is 6.19. The van der Waals surface area contributed by atoms with Crippen LogP contribution in [-0.4, -0.2) is 0 Å². The van der Waals surface area contributed by atoms with Crippen molar-refractivity contribution < 1.29 is 0 Å². The Balaban J connectivity index is 2.24. The maximum absolute atomic E-state index is 6.14. The summed E-state index contributed by atoms with van der Waals surface area (Å²) in [5.74, 6) is 0. The third-order valence-electron chi connectivity index (χ3n) is 2.68. The molecule has 1 aromatic carbocycles. The lowest BCUT2D eigenvalue weighted by Crippen LogP contribution is -2.06. The molecule has 5 heteroatoms. The summed E-state index contributed by atoms with van der Waals surface area (Å²) in [7, 11) is 0. The SMILES string of the molecule is Cc1ccsc1C(C)Nc1cc(Cl)c(Cl)cc1Cl. The molecule has 0 fully saturated rings. The minimum atomic E-state index is 0.180. The number of hydrogen-bond acceptors (Lipinski definition) is 2. The summed E-state index contributed by atoms with van der Waals surface area (Å²) >= 11 is 19.8. The second kappa shape index (κ2) is 5.70. The lowest BCUT2D eigenvalue weighted by atomic mass is 10.2. The first-order chi connectivity index (χ1) is 8.49. The zero-order chi connectivity index (χ0) is 13.3. The highest BCUT2D eigenvalue weighted by molar-refractivity contribution is 7.10. The van der Waals surface area contributed by atoms with Crippen LogP contribution in [0.3, 0.4) is 0 Å². The van der Waals surface area contributed by atoms with Crippen LogP contribution >= 0.6 is 46.1 Å². The van der Waals surface area contributed by atoms with Crippen LogP contribution in [0.4, 0.5) is 5.69 Å². The van der Waals surface area contributed by atoms with Crippen molar-refractivity contribution in [2.45, 2.75) is 19.9 Å². The second-order valence-corrected chi connectivity index (χ2v) is 6.25. The summed E-state index contributed by atoms with van der Waals surface area (Å²) in [5.41, 5.74) is 2.07. The fourth-order valence-electron chi connectivity index (χ4n) is 1.76. The predicted molar refractivity (Wildman–Crippen MR) is 82.6 cm³/mol. The molecule has 0 saturated heterocycles. The average molecular weight is 321 g/mol. The molecule has 2 aromatic rings. The molecule has 0 aliphatic carbocycles. The molecule has 0 aliphatic heterocycles. The van der Waals surface area contributed by atoms with Crippen LogP contribution in [-0.2, 0) is 0 Å². The molecular formula is C13H12Cl3NS. The summed E-state index contributed by atoms with van der Waals surface area (Å²) in [6.45, 7) is 4.19. The van der Waals surface area contributed by atoms with Crippen molar-refractivity contribution in [1.82, 2.24) is 0 Å². The lowest BCUT2D eigenvalue weighted by molar-refractivity contribution is 0.899. The molecule has 1 nitrogen and oxygen atoms in total. The van der Waals surface area contributed by atoms with Gasteiger partial charge in [0.2, 0.25) is 0 Å². The number of nitrogens with one attached hydrogen (secondary N) is 1. The van der Waals surface area contributed by atoms with Gasteiger partial charge in [-0.1, -0.05) is 34.8 Å². The molecule has 0 aliphatic rings. The van der Waals surface area contributed by atoms with Gasteiger partial charge >= 0.3 is 0 Å². The van der Waals surface area contributed by atoms with Crippen molar-refractivity contribution in [3.8, 4) is 0 Å². The van der Waals surface area contributed by atoms with Crippen molar-refractivity contribution in [3.05, 3.63) is 49.1 Å². The van der Waals surface area contributed by atoms with Crippen LogP contribution in [0.1, 0.15) is 23.4 Å². The Labute approximate surface area is 126 Å². The molecule has 0 amide bonds. The van der Waals surface area contributed by atoms with Gasteiger partial charge in [-0.25, -0.2) is 0 Å². The monoisotopic (exact) mass is 319 g/mol. The van der Waals surface area contributed by atoms with Crippen molar-refractivity contribution in [2.75, 3.05) is 5.32 Å². The summed E-state index contributed by atoms with van der Waals surface area (Å²) < 4.78 is 0. The molecule has 1 N–H and O–H groups in total. The maximum Gasteiger partial charge on any atom is 0.0653 e. The van der Waals surface area contributed by atoms with Crippen LogP contribution in [0.15, 0.2) is 23.6 Å². The first-order valence-electron chi connectivity index (χ1n) is 5.44. The zero-order valence-electron chi connectivity index (χ0n) is 9.93. The van der Waals surface area contributed by atoms with Crippen molar-refractivity contribution in [3.63, 3.8) is 0 Å². The quantitative estimate of drug-likeness (QED) is 0.665. The summed E-state index contributed by atoms with van der Waals surface area (Å²) in [6, 6.07) is 5.70. The average Bonchev–Trinajstić information content (AvgIpc) is 2.72. The molecule has 0 bridgehead atoms. The van der Waals surface area contributed by atoms with Gasteiger partial charge in [0.25, 0.3) is 0 Å². The molecule has 1 atom stereocenters. The van der Waals surface area contributed by atoms with E-state index in [0.717, 1.165) is 5.69 Å². The molecular weight excluding hydrogens is 309 g/mol.